The first-order chi connectivity index (χ1) is 10.8. The number of benzene rings is 2. The Morgan fingerprint density at radius 3 is 1.82 bits per heavy atom. The van der Waals surface area contributed by atoms with Gasteiger partial charge in [0.1, 0.15) is 0 Å². The summed E-state index contributed by atoms with van der Waals surface area (Å²) in [6, 6.07) is 21.6. The summed E-state index contributed by atoms with van der Waals surface area (Å²) < 4.78 is 0. The first-order valence-corrected chi connectivity index (χ1v) is 7.91. The van der Waals surface area contributed by atoms with Crippen LogP contribution < -0.4 is 0 Å². The second-order valence-electron chi connectivity index (χ2n) is 6.02. The van der Waals surface area contributed by atoms with E-state index in [1.807, 2.05) is 12.2 Å². The van der Waals surface area contributed by atoms with Gasteiger partial charge in [0, 0.05) is 5.41 Å². The zero-order chi connectivity index (χ0) is 15.4. The average molecular weight is 286 g/mol. The monoisotopic (exact) mass is 286 g/mol. The van der Waals surface area contributed by atoms with Crippen molar-refractivity contribution < 1.29 is 0 Å². The van der Waals surface area contributed by atoms with Gasteiger partial charge in [-0.25, -0.2) is 0 Å². The van der Waals surface area contributed by atoms with Crippen LogP contribution in [0, 0.1) is 5.41 Å². The summed E-state index contributed by atoms with van der Waals surface area (Å²) in [5.74, 6) is 0. The molecule has 2 aromatic rings. The van der Waals surface area contributed by atoms with Crippen LogP contribution in [0.1, 0.15) is 30.9 Å². The lowest BCUT2D eigenvalue weighted by molar-refractivity contribution is 0.604. The fraction of sp³-hybridized carbons (Fsp3) is 0.182. The first kappa shape index (κ1) is 14.6. The molecule has 0 fully saturated rings. The minimum atomic E-state index is 0.189. The standard InChI is InChI=1S/C22H22/c1-3-4-5-12-17-22(2)20(18-13-8-6-9-14-18)21(22)19-15-10-7-11-16-19/h3-11,13-16H,1,12,17H2,2H3/b5-4+. The molecule has 0 unspecified atom stereocenters. The Morgan fingerprint density at radius 2 is 1.36 bits per heavy atom. The second-order valence-corrected chi connectivity index (χ2v) is 6.02. The molecule has 0 aromatic heterocycles. The van der Waals surface area contributed by atoms with Crippen LogP contribution in [0.4, 0.5) is 0 Å². The fourth-order valence-corrected chi connectivity index (χ4v) is 3.36. The van der Waals surface area contributed by atoms with Crippen molar-refractivity contribution in [3.8, 4) is 0 Å². The van der Waals surface area contributed by atoms with Crippen LogP contribution in [-0.4, -0.2) is 0 Å². The maximum Gasteiger partial charge on any atom is 0.0196 e. The van der Waals surface area contributed by atoms with Crippen LogP contribution >= 0.6 is 0 Å². The molecule has 0 bridgehead atoms. The molecule has 0 heteroatoms. The predicted molar refractivity (Wildman–Crippen MR) is 96.4 cm³/mol. The summed E-state index contributed by atoms with van der Waals surface area (Å²) in [7, 11) is 0. The lowest BCUT2D eigenvalue weighted by Crippen LogP contribution is -2.01. The molecule has 0 radical (unpaired) electrons. The van der Waals surface area contributed by atoms with E-state index in [2.05, 4.69) is 80.2 Å². The molecular formula is C22H22. The lowest BCUT2D eigenvalue weighted by atomic mass is 9.89. The summed E-state index contributed by atoms with van der Waals surface area (Å²) in [6.45, 7) is 6.11. The number of allylic oxidation sites excluding steroid dienone is 5. The van der Waals surface area contributed by atoms with E-state index < -0.39 is 0 Å². The van der Waals surface area contributed by atoms with Gasteiger partial charge in [0.25, 0.3) is 0 Å². The van der Waals surface area contributed by atoms with Gasteiger partial charge in [-0.15, -0.1) is 0 Å². The van der Waals surface area contributed by atoms with Gasteiger partial charge in [0.15, 0.2) is 0 Å². The van der Waals surface area contributed by atoms with E-state index in [1.54, 1.807) is 0 Å². The summed E-state index contributed by atoms with van der Waals surface area (Å²) in [6.07, 6.45) is 8.32. The van der Waals surface area contributed by atoms with Crippen LogP contribution in [0.3, 0.4) is 0 Å². The van der Waals surface area contributed by atoms with E-state index in [0.717, 1.165) is 12.8 Å². The van der Waals surface area contributed by atoms with Gasteiger partial charge < -0.3 is 0 Å². The topological polar surface area (TPSA) is 0 Å². The van der Waals surface area contributed by atoms with E-state index in [-0.39, 0.29) is 5.41 Å². The van der Waals surface area contributed by atoms with Crippen LogP contribution in [0.2, 0.25) is 0 Å². The van der Waals surface area contributed by atoms with Crippen molar-refractivity contribution in [2.45, 2.75) is 19.8 Å². The number of hydrogen-bond acceptors (Lipinski definition) is 0. The maximum absolute atomic E-state index is 3.74. The molecule has 0 saturated carbocycles. The van der Waals surface area contributed by atoms with Crippen molar-refractivity contribution in [1.82, 2.24) is 0 Å². The van der Waals surface area contributed by atoms with Crippen molar-refractivity contribution in [3.05, 3.63) is 96.6 Å². The highest BCUT2D eigenvalue weighted by molar-refractivity contribution is 6.14. The van der Waals surface area contributed by atoms with Crippen molar-refractivity contribution in [1.29, 1.82) is 0 Å². The highest BCUT2D eigenvalue weighted by Gasteiger charge is 2.49. The van der Waals surface area contributed by atoms with E-state index in [4.69, 9.17) is 0 Å². The summed E-state index contributed by atoms with van der Waals surface area (Å²) in [4.78, 5) is 0. The molecule has 110 valence electrons. The Balaban J connectivity index is 1.91. The van der Waals surface area contributed by atoms with E-state index in [1.165, 1.54) is 22.3 Å². The Labute approximate surface area is 133 Å². The highest BCUT2D eigenvalue weighted by Crippen LogP contribution is 2.65. The largest absolute Gasteiger partial charge is 0.0991 e. The Hall–Kier alpha value is -2.34. The minimum Gasteiger partial charge on any atom is -0.0991 e. The average Bonchev–Trinajstić information content (AvgIpc) is 3.19. The first-order valence-electron chi connectivity index (χ1n) is 7.91. The third kappa shape index (κ3) is 2.69. The van der Waals surface area contributed by atoms with Crippen LogP contribution in [0.25, 0.3) is 11.1 Å². The van der Waals surface area contributed by atoms with Gasteiger partial charge in [-0.05, 0) is 35.1 Å². The summed E-state index contributed by atoms with van der Waals surface area (Å²) in [5, 5.41) is 0. The molecule has 0 aliphatic heterocycles. The Kier molecular flexibility index (Phi) is 4.11. The van der Waals surface area contributed by atoms with E-state index in [0.29, 0.717) is 0 Å². The number of rotatable bonds is 6. The van der Waals surface area contributed by atoms with Gasteiger partial charge in [-0.1, -0.05) is 92.4 Å². The van der Waals surface area contributed by atoms with Crippen molar-refractivity contribution >= 4 is 11.1 Å². The minimum absolute atomic E-state index is 0.189. The zero-order valence-electron chi connectivity index (χ0n) is 13.1. The molecule has 1 aliphatic rings. The SMILES string of the molecule is C=C/C=C/CCC1(C)C(c2ccccc2)=C1c1ccccc1. The van der Waals surface area contributed by atoms with Gasteiger partial charge in [0.05, 0.1) is 0 Å². The smallest absolute Gasteiger partial charge is 0.0196 e. The summed E-state index contributed by atoms with van der Waals surface area (Å²) >= 11 is 0. The molecule has 0 spiro atoms. The van der Waals surface area contributed by atoms with Crippen molar-refractivity contribution in [3.63, 3.8) is 0 Å². The number of hydrogen-bond donors (Lipinski definition) is 0. The molecule has 1 aliphatic carbocycles. The Morgan fingerprint density at radius 1 is 0.864 bits per heavy atom. The lowest BCUT2D eigenvalue weighted by Gasteiger charge is -2.13. The predicted octanol–water partition coefficient (Wildman–Crippen LogP) is 6.14. The molecule has 2 aromatic carbocycles. The zero-order valence-corrected chi connectivity index (χ0v) is 13.1. The second kappa shape index (κ2) is 6.19. The van der Waals surface area contributed by atoms with Gasteiger partial charge in [-0.3, -0.25) is 0 Å². The molecule has 0 amide bonds. The quantitative estimate of drug-likeness (QED) is 0.559. The maximum atomic E-state index is 3.74. The van der Waals surface area contributed by atoms with Crippen molar-refractivity contribution in [2.75, 3.05) is 0 Å². The third-order valence-electron chi connectivity index (χ3n) is 4.50. The van der Waals surface area contributed by atoms with Gasteiger partial charge >= 0.3 is 0 Å². The molecule has 0 saturated heterocycles. The summed E-state index contributed by atoms with van der Waals surface area (Å²) in [5.41, 5.74) is 5.92. The van der Waals surface area contributed by atoms with E-state index in [9.17, 15) is 0 Å². The van der Waals surface area contributed by atoms with Crippen molar-refractivity contribution in [2.24, 2.45) is 5.41 Å². The van der Waals surface area contributed by atoms with Gasteiger partial charge in [0.2, 0.25) is 0 Å². The highest BCUT2D eigenvalue weighted by atomic mass is 14.5. The van der Waals surface area contributed by atoms with Gasteiger partial charge in [-0.2, -0.15) is 0 Å². The molecular weight excluding hydrogens is 264 g/mol. The molecule has 22 heavy (non-hydrogen) atoms. The fourth-order valence-electron chi connectivity index (χ4n) is 3.36. The Bertz CT molecular complexity index is 653. The third-order valence-corrected chi connectivity index (χ3v) is 4.50. The normalized spacial score (nSPS) is 16.0. The van der Waals surface area contributed by atoms with Crippen LogP contribution in [-0.2, 0) is 0 Å². The van der Waals surface area contributed by atoms with E-state index >= 15 is 0 Å². The van der Waals surface area contributed by atoms with Crippen LogP contribution in [0.15, 0.2) is 85.5 Å². The molecule has 0 nitrogen and oxygen atoms in total. The molecule has 0 atom stereocenters. The van der Waals surface area contributed by atoms with Crippen LogP contribution in [0.5, 0.6) is 0 Å². The molecule has 0 N–H and O–H groups in total. The molecule has 0 heterocycles. The molecule has 3 rings (SSSR count).